The summed E-state index contributed by atoms with van der Waals surface area (Å²) in [5.74, 6) is 0. The summed E-state index contributed by atoms with van der Waals surface area (Å²) in [7, 11) is 2.13. The van der Waals surface area contributed by atoms with E-state index in [4.69, 9.17) is 0 Å². The smallest absolute Gasteiger partial charge is 0.0488 e. The van der Waals surface area contributed by atoms with Gasteiger partial charge in [-0.25, -0.2) is 0 Å². The first-order valence-electron chi connectivity index (χ1n) is 9.70. The Bertz CT molecular complexity index is 585. The molecule has 1 aliphatic rings. The molecule has 1 aliphatic carbocycles. The largest absolute Gasteiger partial charge is 0.344 e. The van der Waals surface area contributed by atoms with Gasteiger partial charge in [-0.3, -0.25) is 0 Å². The van der Waals surface area contributed by atoms with Gasteiger partial charge in [0.2, 0.25) is 0 Å². The van der Waals surface area contributed by atoms with Gasteiger partial charge in [0.25, 0.3) is 0 Å². The van der Waals surface area contributed by atoms with Crippen molar-refractivity contribution in [2.75, 3.05) is 0 Å². The molecule has 0 atom stereocenters. The van der Waals surface area contributed by atoms with Gasteiger partial charge in [0, 0.05) is 29.2 Å². The summed E-state index contributed by atoms with van der Waals surface area (Å²) >= 11 is 0. The van der Waals surface area contributed by atoms with Crippen LogP contribution < -0.4 is 0 Å². The first-order valence-corrected chi connectivity index (χ1v) is 9.70. The lowest BCUT2D eigenvalue weighted by Gasteiger charge is -1.98. The SMILES string of the molecule is CC.CC.CC.CCC.Cn1c2c(c3ccccc31)C=CCC=C2. The summed E-state index contributed by atoms with van der Waals surface area (Å²) in [6.45, 7) is 16.2. The molecule has 0 amide bonds. The van der Waals surface area contributed by atoms with Gasteiger partial charge in [0.15, 0.2) is 0 Å². The lowest BCUT2D eigenvalue weighted by Crippen LogP contribution is -1.90. The van der Waals surface area contributed by atoms with Crippen LogP contribution in [0.2, 0.25) is 0 Å². The van der Waals surface area contributed by atoms with Crippen molar-refractivity contribution in [3.63, 3.8) is 0 Å². The summed E-state index contributed by atoms with van der Waals surface area (Å²) < 4.78 is 2.26. The highest BCUT2D eigenvalue weighted by molar-refractivity contribution is 5.94. The predicted octanol–water partition coefficient (Wildman–Crippen LogP) is 8.10. The Morgan fingerprint density at radius 3 is 1.92 bits per heavy atom. The van der Waals surface area contributed by atoms with Crippen LogP contribution in [-0.4, -0.2) is 4.57 Å². The minimum atomic E-state index is 1.03. The molecule has 1 aromatic heterocycles. The Labute approximate surface area is 151 Å². The zero-order chi connectivity index (χ0) is 19.0. The summed E-state index contributed by atoms with van der Waals surface area (Å²) in [6, 6.07) is 8.56. The highest BCUT2D eigenvalue weighted by Gasteiger charge is 2.10. The molecule has 0 aliphatic heterocycles. The summed E-state index contributed by atoms with van der Waals surface area (Å²) in [6.07, 6.45) is 11.2. The highest BCUT2D eigenvalue weighted by Crippen LogP contribution is 2.28. The van der Waals surface area contributed by atoms with Crippen molar-refractivity contribution in [3.05, 3.63) is 47.7 Å². The number of aromatic nitrogens is 1. The van der Waals surface area contributed by atoms with Gasteiger partial charge in [-0.05, 0) is 18.6 Å². The van der Waals surface area contributed by atoms with Crippen LogP contribution in [0.5, 0.6) is 0 Å². The van der Waals surface area contributed by atoms with Crippen molar-refractivity contribution < 1.29 is 0 Å². The van der Waals surface area contributed by atoms with Crippen LogP contribution >= 0.6 is 0 Å². The lowest BCUT2D eigenvalue weighted by molar-refractivity contribution is 0.953. The van der Waals surface area contributed by atoms with Gasteiger partial charge in [0.05, 0.1) is 0 Å². The molecule has 0 bridgehead atoms. The van der Waals surface area contributed by atoms with Gasteiger partial charge >= 0.3 is 0 Å². The maximum Gasteiger partial charge on any atom is 0.0488 e. The average molecular weight is 330 g/mol. The molecular weight excluding hydrogens is 290 g/mol. The third-order valence-corrected chi connectivity index (χ3v) is 3.03. The zero-order valence-corrected chi connectivity index (χ0v) is 17.5. The molecule has 0 unspecified atom stereocenters. The molecule has 1 heterocycles. The van der Waals surface area contributed by atoms with E-state index in [9.17, 15) is 0 Å². The van der Waals surface area contributed by atoms with Gasteiger partial charge in [-0.15, -0.1) is 0 Å². The third-order valence-electron chi connectivity index (χ3n) is 3.03. The molecule has 0 N–H and O–H groups in total. The molecular formula is C23H39N. The fourth-order valence-corrected chi connectivity index (χ4v) is 2.26. The number of para-hydroxylation sites is 1. The van der Waals surface area contributed by atoms with Crippen molar-refractivity contribution in [1.82, 2.24) is 4.57 Å². The lowest BCUT2D eigenvalue weighted by atomic mass is 10.1. The molecule has 1 aromatic carbocycles. The van der Waals surface area contributed by atoms with E-state index in [1.807, 2.05) is 41.5 Å². The van der Waals surface area contributed by atoms with E-state index in [1.54, 1.807) is 0 Å². The monoisotopic (exact) mass is 329 g/mol. The minimum absolute atomic E-state index is 1.03. The number of benzene rings is 1. The van der Waals surface area contributed by atoms with Gasteiger partial charge in [-0.2, -0.15) is 0 Å². The van der Waals surface area contributed by atoms with Crippen molar-refractivity contribution in [2.45, 2.75) is 68.2 Å². The number of fused-ring (bicyclic) bond motifs is 3. The van der Waals surface area contributed by atoms with Crippen LogP contribution in [0, 0.1) is 0 Å². The molecule has 0 fully saturated rings. The second-order valence-corrected chi connectivity index (χ2v) is 4.62. The highest BCUT2D eigenvalue weighted by atomic mass is 14.9. The second kappa shape index (κ2) is 16.1. The van der Waals surface area contributed by atoms with Crippen LogP contribution in [0.3, 0.4) is 0 Å². The Kier molecular flexibility index (Phi) is 16.4. The number of aryl methyl sites for hydroxylation is 1. The fourth-order valence-electron chi connectivity index (χ4n) is 2.26. The van der Waals surface area contributed by atoms with E-state index >= 15 is 0 Å². The first kappa shape index (κ1) is 24.5. The van der Waals surface area contributed by atoms with Crippen LogP contribution in [0.4, 0.5) is 0 Å². The number of allylic oxidation sites excluding steroid dienone is 2. The second-order valence-electron chi connectivity index (χ2n) is 4.62. The molecule has 3 rings (SSSR count). The first-order chi connectivity index (χ1) is 11.8. The maximum absolute atomic E-state index is 2.26. The standard InChI is InChI=1S/C14H13N.C3H8.3C2H6/c1-15-13-9-4-2-3-7-11(13)12-8-5-6-10-14(12)15;1-3-2;3*1-2/h3-10H,2H2,1H3;3H2,1-2H3;3*1-2H3. The molecule has 0 radical (unpaired) electrons. The number of rotatable bonds is 0. The molecule has 0 saturated heterocycles. The molecule has 1 nitrogen and oxygen atoms in total. The predicted molar refractivity (Wildman–Crippen MR) is 116 cm³/mol. The van der Waals surface area contributed by atoms with Crippen molar-refractivity contribution in [1.29, 1.82) is 0 Å². The number of nitrogens with zero attached hydrogens (tertiary/aromatic N) is 1. The molecule has 1 heteroatoms. The van der Waals surface area contributed by atoms with Gasteiger partial charge in [-0.1, -0.05) is 98.2 Å². The van der Waals surface area contributed by atoms with Crippen LogP contribution in [-0.2, 0) is 7.05 Å². The topological polar surface area (TPSA) is 4.93 Å². The van der Waals surface area contributed by atoms with Crippen molar-refractivity contribution in [2.24, 2.45) is 7.05 Å². The number of hydrogen-bond acceptors (Lipinski definition) is 0. The zero-order valence-electron chi connectivity index (χ0n) is 17.5. The fraction of sp³-hybridized carbons (Fsp3) is 0.478. The Morgan fingerprint density at radius 2 is 1.33 bits per heavy atom. The summed E-state index contributed by atoms with van der Waals surface area (Å²) in [4.78, 5) is 0. The van der Waals surface area contributed by atoms with Crippen LogP contribution in [0.1, 0.15) is 79.5 Å². The minimum Gasteiger partial charge on any atom is -0.344 e. The molecule has 0 saturated carbocycles. The molecule has 0 spiro atoms. The summed E-state index contributed by atoms with van der Waals surface area (Å²) in [5.41, 5.74) is 3.96. The molecule has 24 heavy (non-hydrogen) atoms. The van der Waals surface area contributed by atoms with E-state index in [-0.39, 0.29) is 0 Å². The van der Waals surface area contributed by atoms with Gasteiger partial charge in [0.1, 0.15) is 0 Å². The maximum atomic E-state index is 2.26. The number of hydrogen-bond donors (Lipinski definition) is 0. The van der Waals surface area contributed by atoms with Crippen LogP contribution in [0.25, 0.3) is 23.1 Å². The Morgan fingerprint density at radius 1 is 0.833 bits per heavy atom. The molecule has 136 valence electrons. The van der Waals surface area contributed by atoms with Gasteiger partial charge < -0.3 is 4.57 Å². The van der Waals surface area contributed by atoms with E-state index in [1.165, 1.54) is 28.6 Å². The summed E-state index contributed by atoms with van der Waals surface area (Å²) in [5, 5.41) is 1.35. The Hall–Kier alpha value is -1.76. The third kappa shape index (κ3) is 6.78. The van der Waals surface area contributed by atoms with Crippen LogP contribution in [0.15, 0.2) is 36.4 Å². The quantitative estimate of drug-likeness (QED) is 0.460. The van der Waals surface area contributed by atoms with Crippen molar-refractivity contribution >= 4 is 23.1 Å². The molecule has 2 aromatic rings. The normalized spacial score (nSPS) is 10.4. The Balaban J connectivity index is 0. The van der Waals surface area contributed by atoms with E-state index < -0.39 is 0 Å². The van der Waals surface area contributed by atoms with E-state index in [0.717, 1.165) is 6.42 Å². The van der Waals surface area contributed by atoms with E-state index in [0.29, 0.717) is 0 Å². The average Bonchev–Trinajstić information content (AvgIpc) is 2.82. The van der Waals surface area contributed by atoms with Crippen molar-refractivity contribution in [3.8, 4) is 0 Å². The van der Waals surface area contributed by atoms with E-state index in [2.05, 4.69) is 74.0 Å².